The summed E-state index contributed by atoms with van der Waals surface area (Å²) in [6, 6.07) is 13.7. The summed E-state index contributed by atoms with van der Waals surface area (Å²) in [6.45, 7) is 1.91. The van der Waals surface area contributed by atoms with E-state index in [1.165, 1.54) is 12.1 Å². The molecule has 2 aromatic rings. The van der Waals surface area contributed by atoms with Crippen LogP contribution in [0.5, 0.6) is 5.75 Å². The summed E-state index contributed by atoms with van der Waals surface area (Å²) in [5.74, 6) is 0.504. The van der Waals surface area contributed by atoms with Gasteiger partial charge in [0, 0.05) is 25.8 Å². The molecule has 2 N–H and O–H groups in total. The van der Waals surface area contributed by atoms with Crippen LogP contribution in [0.25, 0.3) is 0 Å². The molecule has 2 atom stereocenters. The third-order valence-corrected chi connectivity index (χ3v) is 3.42. The van der Waals surface area contributed by atoms with Crippen LogP contribution in [-0.2, 0) is 0 Å². The predicted octanol–water partition coefficient (Wildman–Crippen LogP) is 3.36. The van der Waals surface area contributed by atoms with Gasteiger partial charge in [-0.25, -0.2) is 4.39 Å². The molecule has 0 aliphatic heterocycles. The zero-order chi connectivity index (χ0) is 15.4. The number of anilines is 1. The Morgan fingerprint density at radius 3 is 2.38 bits per heavy atom. The Morgan fingerprint density at radius 1 is 1.10 bits per heavy atom. The van der Waals surface area contributed by atoms with Gasteiger partial charge >= 0.3 is 0 Å². The SMILES string of the molecule is CC(Oc1cccc(N(C)C)c1)C(N)c1ccc(F)cc1. The number of ether oxygens (including phenoxy) is 1. The highest BCUT2D eigenvalue weighted by Gasteiger charge is 2.16. The Hall–Kier alpha value is -2.07. The van der Waals surface area contributed by atoms with Gasteiger partial charge in [0.05, 0.1) is 6.04 Å². The lowest BCUT2D eigenvalue weighted by molar-refractivity contribution is 0.190. The molecule has 0 saturated carbocycles. The first-order valence-corrected chi connectivity index (χ1v) is 6.92. The first-order chi connectivity index (χ1) is 9.97. The summed E-state index contributed by atoms with van der Waals surface area (Å²) in [7, 11) is 3.96. The molecular weight excluding hydrogens is 267 g/mol. The Bertz CT molecular complexity index is 584. The first kappa shape index (κ1) is 15.3. The van der Waals surface area contributed by atoms with Crippen LogP contribution in [0.2, 0.25) is 0 Å². The first-order valence-electron chi connectivity index (χ1n) is 6.92. The number of rotatable bonds is 5. The summed E-state index contributed by atoms with van der Waals surface area (Å²) in [5, 5.41) is 0. The molecule has 2 aromatic carbocycles. The number of benzene rings is 2. The van der Waals surface area contributed by atoms with E-state index in [1.807, 2.05) is 50.2 Å². The molecule has 0 saturated heterocycles. The molecule has 0 aliphatic rings. The Morgan fingerprint density at radius 2 is 1.76 bits per heavy atom. The zero-order valence-electron chi connectivity index (χ0n) is 12.6. The number of hydrogen-bond acceptors (Lipinski definition) is 3. The fourth-order valence-electron chi connectivity index (χ4n) is 2.08. The van der Waals surface area contributed by atoms with Crippen molar-refractivity contribution in [1.29, 1.82) is 0 Å². The highest BCUT2D eigenvalue weighted by atomic mass is 19.1. The van der Waals surface area contributed by atoms with Crippen LogP contribution < -0.4 is 15.4 Å². The lowest BCUT2D eigenvalue weighted by Gasteiger charge is -2.23. The van der Waals surface area contributed by atoms with Gasteiger partial charge in [-0.3, -0.25) is 0 Å². The summed E-state index contributed by atoms with van der Waals surface area (Å²) >= 11 is 0. The van der Waals surface area contributed by atoms with Gasteiger partial charge in [0.25, 0.3) is 0 Å². The van der Waals surface area contributed by atoms with Crippen molar-refractivity contribution in [2.24, 2.45) is 5.73 Å². The largest absolute Gasteiger partial charge is 0.489 e. The quantitative estimate of drug-likeness (QED) is 0.917. The second-order valence-corrected chi connectivity index (χ2v) is 5.29. The van der Waals surface area contributed by atoms with Crippen molar-refractivity contribution in [1.82, 2.24) is 0 Å². The minimum absolute atomic E-state index is 0.215. The Labute approximate surface area is 125 Å². The van der Waals surface area contributed by atoms with Gasteiger partial charge in [0.15, 0.2) is 0 Å². The second kappa shape index (κ2) is 6.59. The summed E-state index contributed by atoms with van der Waals surface area (Å²) in [5.41, 5.74) is 8.10. The molecule has 0 spiro atoms. The van der Waals surface area contributed by atoms with Gasteiger partial charge in [-0.2, -0.15) is 0 Å². The smallest absolute Gasteiger partial charge is 0.123 e. The standard InChI is InChI=1S/C17H21FN2O/c1-12(17(19)13-7-9-14(18)10-8-13)21-16-6-4-5-15(11-16)20(2)3/h4-12,17H,19H2,1-3H3. The third kappa shape index (κ3) is 3.95. The number of nitrogens with two attached hydrogens (primary N) is 1. The molecule has 0 amide bonds. The van der Waals surface area contributed by atoms with Crippen molar-refractivity contribution in [3.05, 3.63) is 59.9 Å². The van der Waals surface area contributed by atoms with Crippen LogP contribution in [0.15, 0.2) is 48.5 Å². The maximum atomic E-state index is 12.9. The molecule has 21 heavy (non-hydrogen) atoms. The normalized spacial score (nSPS) is 13.6. The van der Waals surface area contributed by atoms with E-state index < -0.39 is 0 Å². The van der Waals surface area contributed by atoms with Crippen molar-refractivity contribution in [3.8, 4) is 5.75 Å². The minimum Gasteiger partial charge on any atom is -0.489 e. The molecule has 0 aliphatic carbocycles. The van der Waals surface area contributed by atoms with Crippen molar-refractivity contribution in [3.63, 3.8) is 0 Å². The van der Waals surface area contributed by atoms with Gasteiger partial charge in [-0.05, 0) is 36.8 Å². The van der Waals surface area contributed by atoms with Crippen molar-refractivity contribution < 1.29 is 9.13 Å². The monoisotopic (exact) mass is 288 g/mol. The van der Waals surface area contributed by atoms with Crippen LogP contribution in [0.3, 0.4) is 0 Å². The van der Waals surface area contributed by atoms with Crippen LogP contribution in [-0.4, -0.2) is 20.2 Å². The van der Waals surface area contributed by atoms with Gasteiger partial charge in [0.2, 0.25) is 0 Å². The highest BCUT2D eigenvalue weighted by molar-refractivity contribution is 5.49. The molecule has 3 nitrogen and oxygen atoms in total. The molecule has 0 fully saturated rings. The van der Waals surface area contributed by atoms with Crippen LogP contribution in [0.1, 0.15) is 18.5 Å². The lowest BCUT2D eigenvalue weighted by Crippen LogP contribution is -2.28. The zero-order valence-corrected chi connectivity index (χ0v) is 12.6. The fourth-order valence-corrected chi connectivity index (χ4v) is 2.08. The van der Waals surface area contributed by atoms with E-state index in [4.69, 9.17) is 10.5 Å². The van der Waals surface area contributed by atoms with Gasteiger partial charge in [0.1, 0.15) is 17.7 Å². The van der Waals surface area contributed by atoms with Crippen molar-refractivity contribution in [2.45, 2.75) is 19.1 Å². The molecule has 112 valence electrons. The average Bonchev–Trinajstić information content (AvgIpc) is 2.47. The minimum atomic E-state index is -0.311. The number of halogens is 1. The Kier molecular flexibility index (Phi) is 4.81. The molecule has 0 bridgehead atoms. The van der Waals surface area contributed by atoms with Crippen molar-refractivity contribution >= 4 is 5.69 Å². The number of nitrogens with zero attached hydrogens (tertiary/aromatic N) is 1. The maximum Gasteiger partial charge on any atom is 0.123 e. The van der Waals surface area contributed by atoms with Gasteiger partial charge in [-0.1, -0.05) is 18.2 Å². The molecular formula is C17H21FN2O. The van der Waals surface area contributed by atoms with Crippen LogP contribution >= 0.6 is 0 Å². The summed E-state index contributed by atoms with van der Waals surface area (Å²) < 4.78 is 18.8. The van der Waals surface area contributed by atoms with E-state index in [0.29, 0.717) is 0 Å². The predicted molar refractivity (Wildman–Crippen MR) is 84.2 cm³/mol. The lowest BCUT2D eigenvalue weighted by atomic mass is 10.0. The molecule has 0 radical (unpaired) electrons. The van der Waals surface area contributed by atoms with Gasteiger partial charge < -0.3 is 15.4 Å². The van der Waals surface area contributed by atoms with Crippen molar-refractivity contribution in [2.75, 3.05) is 19.0 Å². The summed E-state index contributed by atoms with van der Waals surface area (Å²) in [4.78, 5) is 2.01. The molecule has 4 heteroatoms. The van der Waals surface area contributed by atoms with E-state index in [1.54, 1.807) is 12.1 Å². The summed E-state index contributed by atoms with van der Waals surface area (Å²) in [6.07, 6.45) is -0.215. The second-order valence-electron chi connectivity index (χ2n) is 5.29. The number of hydrogen-bond donors (Lipinski definition) is 1. The average molecular weight is 288 g/mol. The molecule has 0 aromatic heterocycles. The highest BCUT2D eigenvalue weighted by Crippen LogP contribution is 2.24. The van der Waals surface area contributed by atoms with E-state index in [-0.39, 0.29) is 18.0 Å². The topological polar surface area (TPSA) is 38.5 Å². The molecule has 0 heterocycles. The van der Waals surface area contributed by atoms with E-state index in [9.17, 15) is 4.39 Å². The maximum absolute atomic E-state index is 12.9. The fraction of sp³-hybridized carbons (Fsp3) is 0.294. The van der Waals surface area contributed by atoms with Crippen LogP contribution in [0.4, 0.5) is 10.1 Å². The van der Waals surface area contributed by atoms with Gasteiger partial charge in [-0.15, -0.1) is 0 Å². The van der Waals surface area contributed by atoms with E-state index in [2.05, 4.69) is 0 Å². The van der Waals surface area contributed by atoms with Crippen LogP contribution in [0, 0.1) is 5.82 Å². The Balaban J connectivity index is 2.08. The molecule has 2 unspecified atom stereocenters. The van der Waals surface area contributed by atoms with E-state index in [0.717, 1.165) is 17.0 Å². The van der Waals surface area contributed by atoms with E-state index >= 15 is 0 Å². The molecule has 2 rings (SSSR count). The third-order valence-electron chi connectivity index (χ3n) is 3.42.